The van der Waals surface area contributed by atoms with Crippen molar-refractivity contribution in [1.29, 1.82) is 0 Å². The Morgan fingerprint density at radius 1 is 1.37 bits per heavy atom. The lowest BCUT2D eigenvalue weighted by atomic mass is 10.1. The van der Waals surface area contributed by atoms with Crippen molar-refractivity contribution in [1.82, 2.24) is 4.90 Å². The molecular formula is C19H19ClN2O5. The molecule has 1 aromatic heterocycles. The molecule has 0 bridgehead atoms. The van der Waals surface area contributed by atoms with E-state index >= 15 is 0 Å². The van der Waals surface area contributed by atoms with E-state index < -0.39 is 24.4 Å². The van der Waals surface area contributed by atoms with E-state index in [-0.39, 0.29) is 18.9 Å². The van der Waals surface area contributed by atoms with Gasteiger partial charge in [-0.1, -0.05) is 17.7 Å². The minimum absolute atomic E-state index is 0.0640. The number of ether oxygens (including phenoxy) is 1. The van der Waals surface area contributed by atoms with Gasteiger partial charge in [-0.05, 0) is 36.8 Å². The number of furan rings is 1. The molecule has 1 N–H and O–H groups in total. The predicted octanol–water partition coefficient (Wildman–Crippen LogP) is 2.77. The third-order valence-corrected chi connectivity index (χ3v) is 4.53. The summed E-state index contributed by atoms with van der Waals surface area (Å²) in [6.07, 6.45) is 1.59. The van der Waals surface area contributed by atoms with Crippen molar-refractivity contribution in [2.45, 2.75) is 19.9 Å². The van der Waals surface area contributed by atoms with Crippen molar-refractivity contribution < 1.29 is 23.5 Å². The van der Waals surface area contributed by atoms with Crippen LogP contribution in [0.4, 0.5) is 5.69 Å². The molecule has 7 nitrogen and oxygen atoms in total. The molecule has 27 heavy (non-hydrogen) atoms. The first-order valence-electron chi connectivity index (χ1n) is 8.45. The van der Waals surface area contributed by atoms with E-state index in [2.05, 4.69) is 5.32 Å². The zero-order valence-electron chi connectivity index (χ0n) is 14.7. The molecule has 0 saturated carbocycles. The van der Waals surface area contributed by atoms with Gasteiger partial charge in [0, 0.05) is 23.7 Å². The molecule has 0 radical (unpaired) electrons. The van der Waals surface area contributed by atoms with Crippen molar-refractivity contribution >= 4 is 35.1 Å². The molecule has 1 fully saturated rings. The quantitative estimate of drug-likeness (QED) is 0.766. The van der Waals surface area contributed by atoms with Crippen LogP contribution in [0.1, 0.15) is 17.7 Å². The molecule has 1 aliphatic heterocycles. The number of benzene rings is 1. The molecule has 2 aromatic rings. The maximum Gasteiger partial charge on any atom is 0.311 e. The standard InChI is InChI=1S/C19H19ClN2O5/c1-12-4-5-14(20)8-16(12)21-17(23)11-27-19(25)13-7-18(24)22(9-13)10-15-3-2-6-26-15/h2-6,8,13H,7,9-11H2,1H3,(H,21,23)/t13-/m1/s1. The van der Waals surface area contributed by atoms with Crippen molar-refractivity contribution in [3.63, 3.8) is 0 Å². The number of nitrogens with one attached hydrogen (secondary N) is 1. The number of anilines is 1. The van der Waals surface area contributed by atoms with Crippen LogP contribution in [0.15, 0.2) is 41.0 Å². The Morgan fingerprint density at radius 2 is 2.19 bits per heavy atom. The van der Waals surface area contributed by atoms with Gasteiger partial charge in [0.1, 0.15) is 5.76 Å². The highest BCUT2D eigenvalue weighted by molar-refractivity contribution is 6.31. The molecule has 2 heterocycles. The summed E-state index contributed by atoms with van der Waals surface area (Å²) in [6, 6.07) is 8.63. The third kappa shape index (κ3) is 4.89. The normalized spacial score (nSPS) is 16.4. The van der Waals surface area contributed by atoms with Crippen molar-refractivity contribution in [3.05, 3.63) is 52.9 Å². The Morgan fingerprint density at radius 3 is 2.93 bits per heavy atom. The fourth-order valence-electron chi connectivity index (χ4n) is 2.84. The van der Waals surface area contributed by atoms with Crippen LogP contribution < -0.4 is 5.32 Å². The van der Waals surface area contributed by atoms with Crippen LogP contribution in [0.5, 0.6) is 0 Å². The van der Waals surface area contributed by atoms with Gasteiger partial charge in [0.25, 0.3) is 5.91 Å². The Bertz CT molecular complexity index is 850. The Kier molecular flexibility index (Phi) is 5.81. The van der Waals surface area contributed by atoms with Gasteiger partial charge in [0.2, 0.25) is 5.91 Å². The van der Waals surface area contributed by atoms with Crippen molar-refractivity contribution in [2.75, 3.05) is 18.5 Å². The Balaban J connectivity index is 1.48. The zero-order chi connectivity index (χ0) is 19.4. The number of hydrogen-bond acceptors (Lipinski definition) is 5. The average molecular weight is 391 g/mol. The van der Waals surface area contributed by atoms with Crippen LogP contribution in [0.25, 0.3) is 0 Å². The van der Waals surface area contributed by atoms with E-state index in [0.29, 0.717) is 23.0 Å². The maximum atomic E-state index is 12.2. The summed E-state index contributed by atoms with van der Waals surface area (Å²) < 4.78 is 10.3. The second kappa shape index (κ2) is 8.26. The van der Waals surface area contributed by atoms with Gasteiger partial charge < -0.3 is 19.4 Å². The number of hydrogen-bond donors (Lipinski definition) is 1. The topological polar surface area (TPSA) is 88.8 Å². The highest BCUT2D eigenvalue weighted by Gasteiger charge is 2.35. The first-order valence-corrected chi connectivity index (χ1v) is 8.83. The summed E-state index contributed by atoms with van der Waals surface area (Å²) >= 11 is 5.91. The number of likely N-dealkylation sites (tertiary alicyclic amines) is 1. The Labute approximate surface area is 161 Å². The van der Waals surface area contributed by atoms with Gasteiger partial charge in [0.05, 0.1) is 18.7 Å². The van der Waals surface area contributed by atoms with E-state index in [0.717, 1.165) is 5.56 Å². The van der Waals surface area contributed by atoms with Gasteiger partial charge in [-0.2, -0.15) is 0 Å². The lowest BCUT2D eigenvalue weighted by Crippen LogP contribution is -2.28. The molecular weight excluding hydrogens is 372 g/mol. The second-order valence-electron chi connectivity index (χ2n) is 6.37. The lowest BCUT2D eigenvalue weighted by Gasteiger charge is -2.14. The van der Waals surface area contributed by atoms with Crippen LogP contribution in [0.3, 0.4) is 0 Å². The van der Waals surface area contributed by atoms with E-state index in [4.69, 9.17) is 20.8 Å². The smallest absolute Gasteiger partial charge is 0.311 e. The van der Waals surface area contributed by atoms with Crippen LogP contribution in [-0.2, 0) is 25.7 Å². The van der Waals surface area contributed by atoms with Crippen molar-refractivity contribution in [2.24, 2.45) is 5.92 Å². The molecule has 142 valence electrons. The van der Waals surface area contributed by atoms with Gasteiger partial charge in [-0.25, -0.2) is 0 Å². The number of amides is 2. The van der Waals surface area contributed by atoms with Gasteiger partial charge in [0.15, 0.2) is 6.61 Å². The van der Waals surface area contributed by atoms with Crippen LogP contribution in [-0.4, -0.2) is 35.8 Å². The fraction of sp³-hybridized carbons (Fsp3) is 0.316. The fourth-order valence-corrected chi connectivity index (χ4v) is 3.02. The highest BCUT2D eigenvalue weighted by Crippen LogP contribution is 2.22. The van der Waals surface area contributed by atoms with E-state index in [1.807, 2.05) is 6.92 Å². The van der Waals surface area contributed by atoms with Crippen LogP contribution in [0.2, 0.25) is 5.02 Å². The third-order valence-electron chi connectivity index (χ3n) is 4.29. The molecule has 1 atom stereocenters. The average Bonchev–Trinajstić information content (AvgIpc) is 3.27. The summed E-state index contributed by atoms with van der Waals surface area (Å²) in [4.78, 5) is 37.8. The van der Waals surface area contributed by atoms with Gasteiger partial charge in [-0.15, -0.1) is 0 Å². The summed E-state index contributed by atoms with van der Waals surface area (Å²) in [6.45, 7) is 1.96. The van der Waals surface area contributed by atoms with Crippen molar-refractivity contribution in [3.8, 4) is 0 Å². The number of carbonyl (C=O) groups is 3. The summed E-state index contributed by atoms with van der Waals surface area (Å²) in [5, 5.41) is 3.15. The molecule has 1 aromatic carbocycles. The summed E-state index contributed by atoms with van der Waals surface area (Å²) in [5.74, 6) is -1.12. The number of aryl methyl sites for hydroxylation is 1. The van der Waals surface area contributed by atoms with Crippen LogP contribution in [0, 0.1) is 12.8 Å². The molecule has 2 amide bonds. The minimum Gasteiger partial charge on any atom is -0.467 e. The summed E-state index contributed by atoms with van der Waals surface area (Å²) in [5.41, 5.74) is 1.40. The molecule has 1 saturated heterocycles. The van der Waals surface area contributed by atoms with Gasteiger partial charge in [-0.3, -0.25) is 14.4 Å². The maximum absolute atomic E-state index is 12.2. The number of halogens is 1. The van der Waals surface area contributed by atoms with E-state index in [9.17, 15) is 14.4 Å². The largest absolute Gasteiger partial charge is 0.467 e. The summed E-state index contributed by atoms with van der Waals surface area (Å²) in [7, 11) is 0. The first-order chi connectivity index (χ1) is 12.9. The second-order valence-corrected chi connectivity index (χ2v) is 6.81. The SMILES string of the molecule is Cc1ccc(Cl)cc1NC(=O)COC(=O)[C@@H]1CC(=O)N(Cc2ccco2)C1. The predicted molar refractivity (Wildman–Crippen MR) is 98.0 cm³/mol. The van der Waals surface area contributed by atoms with E-state index in [1.54, 1.807) is 35.2 Å². The molecule has 1 aliphatic rings. The molecule has 8 heteroatoms. The highest BCUT2D eigenvalue weighted by atomic mass is 35.5. The molecule has 3 rings (SSSR count). The zero-order valence-corrected chi connectivity index (χ0v) is 15.5. The lowest BCUT2D eigenvalue weighted by molar-refractivity contribution is -0.151. The molecule has 0 aliphatic carbocycles. The van der Waals surface area contributed by atoms with Crippen LogP contribution >= 0.6 is 11.6 Å². The number of carbonyl (C=O) groups excluding carboxylic acids is 3. The monoisotopic (exact) mass is 390 g/mol. The number of nitrogens with zero attached hydrogens (tertiary/aromatic N) is 1. The Hall–Kier alpha value is -2.80. The molecule has 0 spiro atoms. The van der Waals surface area contributed by atoms with E-state index in [1.165, 1.54) is 6.26 Å². The number of esters is 1. The molecule has 0 unspecified atom stereocenters. The number of rotatable bonds is 6. The minimum atomic E-state index is -0.590. The van der Waals surface area contributed by atoms with Gasteiger partial charge >= 0.3 is 5.97 Å². The first kappa shape index (κ1) is 19.0.